The molecule has 0 saturated carbocycles. The molecule has 0 aromatic heterocycles. The number of amides is 1. The lowest BCUT2D eigenvalue weighted by Crippen LogP contribution is -2.35. The van der Waals surface area contributed by atoms with Crippen LogP contribution < -0.4 is 10.6 Å². The van der Waals surface area contributed by atoms with Crippen molar-refractivity contribution in [3.63, 3.8) is 0 Å². The van der Waals surface area contributed by atoms with Gasteiger partial charge >= 0.3 is 0 Å². The molecule has 1 aromatic rings. The monoisotopic (exact) mass is 326 g/mol. The van der Waals surface area contributed by atoms with E-state index in [2.05, 4.69) is 57.8 Å². The summed E-state index contributed by atoms with van der Waals surface area (Å²) in [5.74, 6) is 0.159. The second kappa shape index (κ2) is 8.33. The molecule has 0 heterocycles. The first-order valence-corrected chi connectivity index (χ1v) is 7.60. The van der Waals surface area contributed by atoms with E-state index in [0.29, 0.717) is 12.6 Å². The van der Waals surface area contributed by atoms with Crippen LogP contribution in [0.15, 0.2) is 28.7 Å². The standard InChI is InChI=1S/C15H23BrN2O/c1-4-14(12-5-7-13(16)8-6-12)17-9-10-18-15(19)11(2)3/h5-8,11,14,17H,4,9-10H2,1-3H3,(H,18,19). The second-order valence-corrected chi connectivity index (χ2v) is 5.83. The predicted octanol–water partition coefficient (Wildman–Crippen LogP) is 3.26. The summed E-state index contributed by atoms with van der Waals surface area (Å²) in [4.78, 5) is 11.4. The molecule has 1 aromatic carbocycles. The van der Waals surface area contributed by atoms with Gasteiger partial charge in [-0.25, -0.2) is 0 Å². The first-order chi connectivity index (χ1) is 9.04. The fraction of sp³-hybridized carbons (Fsp3) is 0.533. The van der Waals surface area contributed by atoms with Crippen molar-refractivity contribution in [2.75, 3.05) is 13.1 Å². The van der Waals surface area contributed by atoms with E-state index >= 15 is 0 Å². The third kappa shape index (κ3) is 5.74. The highest BCUT2D eigenvalue weighted by Crippen LogP contribution is 2.19. The van der Waals surface area contributed by atoms with Crippen molar-refractivity contribution < 1.29 is 4.79 Å². The lowest BCUT2D eigenvalue weighted by Gasteiger charge is -2.18. The average Bonchev–Trinajstić information content (AvgIpc) is 2.40. The Labute approximate surface area is 124 Å². The number of benzene rings is 1. The third-order valence-electron chi connectivity index (χ3n) is 3.02. The quantitative estimate of drug-likeness (QED) is 0.755. The summed E-state index contributed by atoms with van der Waals surface area (Å²) in [5.41, 5.74) is 1.28. The van der Waals surface area contributed by atoms with Gasteiger partial charge in [0.05, 0.1) is 0 Å². The Kier molecular flexibility index (Phi) is 7.10. The highest BCUT2D eigenvalue weighted by molar-refractivity contribution is 9.10. The molecule has 1 amide bonds. The molecule has 19 heavy (non-hydrogen) atoms. The molecule has 106 valence electrons. The van der Waals surface area contributed by atoms with Crippen molar-refractivity contribution in [3.05, 3.63) is 34.3 Å². The van der Waals surface area contributed by atoms with Crippen LogP contribution in [0, 0.1) is 5.92 Å². The summed E-state index contributed by atoms with van der Waals surface area (Å²) in [6, 6.07) is 8.69. The van der Waals surface area contributed by atoms with Gasteiger partial charge in [0.15, 0.2) is 0 Å². The minimum Gasteiger partial charge on any atom is -0.355 e. The minimum absolute atomic E-state index is 0.0495. The van der Waals surface area contributed by atoms with Crippen LogP contribution >= 0.6 is 15.9 Å². The van der Waals surface area contributed by atoms with E-state index in [9.17, 15) is 4.79 Å². The van der Waals surface area contributed by atoms with Crippen molar-refractivity contribution in [2.45, 2.75) is 33.2 Å². The van der Waals surface area contributed by atoms with Crippen LogP contribution in [0.5, 0.6) is 0 Å². The van der Waals surface area contributed by atoms with Gasteiger partial charge in [-0.15, -0.1) is 0 Å². The largest absolute Gasteiger partial charge is 0.355 e. The van der Waals surface area contributed by atoms with E-state index < -0.39 is 0 Å². The van der Waals surface area contributed by atoms with Gasteiger partial charge in [0.25, 0.3) is 0 Å². The van der Waals surface area contributed by atoms with Gasteiger partial charge in [-0.2, -0.15) is 0 Å². The molecule has 0 aliphatic carbocycles. The van der Waals surface area contributed by atoms with Gasteiger partial charge in [0, 0.05) is 29.5 Å². The Hall–Kier alpha value is -0.870. The summed E-state index contributed by atoms with van der Waals surface area (Å²) >= 11 is 3.44. The Morgan fingerprint density at radius 3 is 2.37 bits per heavy atom. The Bertz CT molecular complexity index is 390. The molecular weight excluding hydrogens is 304 g/mol. The van der Waals surface area contributed by atoms with E-state index in [0.717, 1.165) is 17.4 Å². The van der Waals surface area contributed by atoms with Crippen molar-refractivity contribution >= 4 is 21.8 Å². The maximum Gasteiger partial charge on any atom is 0.222 e. The fourth-order valence-electron chi connectivity index (χ4n) is 1.83. The molecule has 0 bridgehead atoms. The van der Waals surface area contributed by atoms with Gasteiger partial charge < -0.3 is 10.6 Å². The highest BCUT2D eigenvalue weighted by atomic mass is 79.9. The smallest absolute Gasteiger partial charge is 0.222 e. The SMILES string of the molecule is CCC(NCCNC(=O)C(C)C)c1ccc(Br)cc1. The average molecular weight is 327 g/mol. The predicted molar refractivity (Wildman–Crippen MR) is 83.0 cm³/mol. The number of hydrogen-bond acceptors (Lipinski definition) is 2. The van der Waals surface area contributed by atoms with Gasteiger partial charge in [-0.1, -0.05) is 48.8 Å². The molecule has 0 saturated heterocycles. The van der Waals surface area contributed by atoms with Gasteiger partial charge in [0.2, 0.25) is 5.91 Å². The lowest BCUT2D eigenvalue weighted by molar-refractivity contribution is -0.123. The van der Waals surface area contributed by atoms with E-state index in [-0.39, 0.29) is 11.8 Å². The van der Waals surface area contributed by atoms with Crippen LogP contribution in [-0.4, -0.2) is 19.0 Å². The maximum atomic E-state index is 11.4. The van der Waals surface area contributed by atoms with Crippen molar-refractivity contribution in [1.29, 1.82) is 0 Å². The number of halogens is 1. The molecule has 1 rings (SSSR count). The highest BCUT2D eigenvalue weighted by Gasteiger charge is 2.09. The van der Waals surface area contributed by atoms with Crippen LogP contribution in [0.3, 0.4) is 0 Å². The minimum atomic E-state index is 0.0495. The molecule has 0 spiro atoms. The zero-order valence-electron chi connectivity index (χ0n) is 11.9. The zero-order valence-corrected chi connectivity index (χ0v) is 13.5. The summed E-state index contributed by atoms with van der Waals surface area (Å²) in [5, 5.41) is 6.38. The number of carbonyl (C=O) groups excluding carboxylic acids is 1. The number of carbonyl (C=O) groups is 1. The van der Waals surface area contributed by atoms with E-state index in [1.807, 2.05) is 13.8 Å². The topological polar surface area (TPSA) is 41.1 Å². The van der Waals surface area contributed by atoms with Gasteiger partial charge in [0.1, 0.15) is 0 Å². The molecule has 3 nitrogen and oxygen atoms in total. The summed E-state index contributed by atoms with van der Waals surface area (Å²) in [6.45, 7) is 7.42. The van der Waals surface area contributed by atoms with Gasteiger partial charge in [-0.05, 0) is 24.1 Å². The molecule has 0 aliphatic heterocycles. The fourth-order valence-corrected chi connectivity index (χ4v) is 2.09. The number of nitrogens with one attached hydrogen (secondary N) is 2. The first-order valence-electron chi connectivity index (χ1n) is 6.81. The Morgan fingerprint density at radius 1 is 1.21 bits per heavy atom. The number of rotatable bonds is 7. The zero-order chi connectivity index (χ0) is 14.3. The van der Waals surface area contributed by atoms with Crippen LogP contribution in [0.4, 0.5) is 0 Å². The lowest BCUT2D eigenvalue weighted by atomic mass is 10.0. The van der Waals surface area contributed by atoms with Crippen LogP contribution in [0.1, 0.15) is 38.8 Å². The van der Waals surface area contributed by atoms with E-state index in [1.54, 1.807) is 0 Å². The molecular formula is C15H23BrN2O. The second-order valence-electron chi connectivity index (χ2n) is 4.91. The summed E-state index contributed by atoms with van der Waals surface area (Å²) < 4.78 is 1.09. The summed E-state index contributed by atoms with van der Waals surface area (Å²) in [6.07, 6.45) is 1.03. The van der Waals surface area contributed by atoms with Crippen molar-refractivity contribution in [1.82, 2.24) is 10.6 Å². The Balaban J connectivity index is 2.37. The number of hydrogen-bond donors (Lipinski definition) is 2. The molecule has 0 radical (unpaired) electrons. The van der Waals surface area contributed by atoms with E-state index in [1.165, 1.54) is 5.56 Å². The molecule has 2 N–H and O–H groups in total. The third-order valence-corrected chi connectivity index (χ3v) is 3.55. The maximum absolute atomic E-state index is 11.4. The molecule has 0 aliphatic rings. The van der Waals surface area contributed by atoms with Crippen LogP contribution in [0.25, 0.3) is 0 Å². The first kappa shape index (κ1) is 16.2. The molecule has 1 atom stereocenters. The summed E-state index contributed by atoms with van der Waals surface area (Å²) in [7, 11) is 0. The molecule has 1 unspecified atom stereocenters. The molecule has 4 heteroatoms. The van der Waals surface area contributed by atoms with E-state index in [4.69, 9.17) is 0 Å². The molecule has 0 fully saturated rings. The Morgan fingerprint density at radius 2 is 1.84 bits per heavy atom. The van der Waals surface area contributed by atoms with Crippen molar-refractivity contribution in [2.24, 2.45) is 5.92 Å². The van der Waals surface area contributed by atoms with Crippen LogP contribution in [-0.2, 0) is 4.79 Å². The van der Waals surface area contributed by atoms with Crippen LogP contribution in [0.2, 0.25) is 0 Å². The van der Waals surface area contributed by atoms with Crippen molar-refractivity contribution in [3.8, 4) is 0 Å². The normalized spacial score (nSPS) is 12.5. The van der Waals surface area contributed by atoms with Gasteiger partial charge in [-0.3, -0.25) is 4.79 Å².